The van der Waals surface area contributed by atoms with Gasteiger partial charge in [-0.25, -0.2) is 9.18 Å². The zero-order valence-corrected chi connectivity index (χ0v) is 19.7. The number of hydrogen-bond donors (Lipinski definition) is 2. The number of halogens is 1. The number of nitrogens with one attached hydrogen (secondary N) is 2. The van der Waals surface area contributed by atoms with Crippen molar-refractivity contribution in [3.8, 4) is 0 Å². The van der Waals surface area contributed by atoms with E-state index in [1.807, 2.05) is 45.0 Å². The molecule has 2 bridgehead atoms. The first kappa shape index (κ1) is 22.2. The molecule has 1 aromatic carbocycles. The molecular formula is C25H33FN4O3. The van der Waals surface area contributed by atoms with Crippen LogP contribution >= 0.6 is 0 Å². The van der Waals surface area contributed by atoms with E-state index in [1.54, 1.807) is 0 Å². The molecule has 0 radical (unpaired) electrons. The number of rotatable bonds is 6. The Morgan fingerprint density at radius 3 is 2.39 bits per heavy atom. The van der Waals surface area contributed by atoms with Crippen molar-refractivity contribution in [1.29, 1.82) is 0 Å². The zero-order chi connectivity index (χ0) is 23.3. The molecule has 2 aromatic rings. The molecule has 4 aliphatic carbocycles. The van der Waals surface area contributed by atoms with Crippen LogP contribution in [0.1, 0.15) is 83.9 Å². The molecule has 0 aliphatic heterocycles. The van der Waals surface area contributed by atoms with Gasteiger partial charge in [0.2, 0.25) is 0 Å². The van der Waals surface area contributed by atoms with E-state index >= 15 is 0 Å². The van der Waals surface area contributed by atoms with Crippen molar-refractivity contribution in [2.45, 2.75) is 88.8 Å². The average Bonchev–Trinajstić information content (AvgIpc) is 3.31. The lowest BCUT2D eigenvalue weighted by Crippen LogP contribution is -2.47. The minimum absolute atomic E-state index is 0.0635. The van der Waals surface area contributed by atoms with E-state index in [0.717, 1.165) is 50.8 Å². The number of amides is 1. The molecule has 1 aromatic heterocycles. The first-order valence-corrected chi connectivity index (χ1v) is 12.0. The summed E-state index contributed by atoms with van der Waals surface area (Å²) in [6.07, 6.45) is 6.80. The topological polar surface area (TPSA) is 89.3 Å². The van der Waals surface area contributed by atoms with Gasteiger partial charge in [-0.05, 0) is 95.8 Å². The molecular weight excluding hydrogens is 423 g/mol. The van der Waals surface area contributed by atoms with Crippen molar-refractivity contribution in [3.05, 3.63) is 36.0 Å². The summed E-state index contributed by atoms with van der Waals surface area (Å²) in [5.74, 6) is 0.888. The number of carbonyl (C=O) groups is 1. The Labute approximate surface area is 193 Å². The maximum absolute atomic E-state index is 14.3. The van der Waals surface area contributed by atoms with Crippen LogP contribution in [-0.2, 0) is 15.8 Å². The predicted molar refractivity (Wildman–Crippen MR) is 123 cm³/mol. The molecule has 4 fully saturated rings. The first-order chi connectivity index (χ1) is 15.6. The van der Waals surface area contributed by atoms with E-state index in [0.29, 0.717) is 24.4 Å². The molecule has 0 saturated heterocycles. The molecule has 0 spiro atoms. The number of aromatic nitrogens is 2. The fourth-order valence-electron chi connectivity index (χ4n) is 5.23. The van der Waals surface area contributed by atoms with Gasteiger partial charge in [-0.2, -0.15) is 4.98 Å². The van der Waals surface area contributed by atoms with Gasteiger partial charge in [0.25, 0.3) is 5.89 Å². The first-order valence-electron chi connectivity index (χ1n) is 12.0. The molecule has 2 N–H and O–H groups in total. The van der Waals surface area contributed by atoms with Gasteiger partial charge in [-0.3, -0.25) is 5.32 Å². The lowest BCUT2D eigenvalue weighted by Gasteiger charge is -2.52. The van der Waals surface area contributed by atoms with Crippen molar-refractivity contribution >= 4 is 17.5 Å². The highest BCUT2D eigenvalue weighted by molar-refractivity contribution is 5.85. The van der Waals surface area contributed by atoms with Gasteiger partial charge in [0.1, 0.15) is 5.60 Å². The molecule has 33 heavy (non-hydrogen) atoms. The Balaban J connectivity index is 1.18. The number of alkyl halides is 1. The van der Waals surface area contributed by atoms with Crippen LogP contribution in [-0.4, -0.2) is 28.4 Å². The molecule has 1 amide bonds. The van der Waals surface area contributed by atoms with Gasteiger partial charge in [0, 0.05) is 23.3 Å². The fraction of sp³-hybridized carbons (Fsp3) is 0.640. The third kappa shape index (κ3) is 4.57. The van der Waals surface area contributed by atoms with Crippen LogP contribution < -0.4 is 10.6 Å². The zero-order valence-electron chi connectivity index (χ0n) is 19.7. The Morgan fingerprint density at radius 1 is 1.09 bits per heavy atom. The molecule has 4 aliphatic rings. The molecule has 8 heteroatoms. The molecule has 7 nitrogen and oxygen atoms in total. The summed E-state index contributed by atoms with van der Waals surface area (Å²) in [7, 11) is 0. The van der Waals surface area contributed by atoms with Gasteiger partial charge >= 0.3 is 6.09 Å². The summed E-state index contributed by atoms with van der Waals surface area (Å²) in [4.78, 5) is 16.6. The predicted octanol–water partition coefficient (Wildman–Crippen LogP) is 6.08. The van der Waals surface area contributed by atoms with Crippen molar-refractivity contribution in [1.82, 2.24) is 10.1 Å². The number of anilines is 2. The molecule has 0 unspecified atom stereocenters. The van der Waals surface area contributed by atoms with Crippen LogP contribution in [0.3, 0.4) is 0 Å². The van der Waals surface area contributed by atoms with E-state index in [2.05, 4.69) is 20.8 Å². The number of hydrogen-bond acceptors (Lipinski definition) is 6. The standard InChI is InChI=1S/C25H33FN4O3/c1-22(2,3)32-21(31)28-18-6-4-5-17(15-18)27-16-23-7-10-24(11-8-23,12-9-23)19-29-20(33-30-19)25(26)13-14-25/h4-6,15,27H,7-14,16H2,1-3H3,(H,28,31). The number of ether oxygens (including phenoxy) is 1. The van der Waals surface area contributed by atoms with Crippen molar-refractivity contribution < 1.29 is 18.4 Å². The van der Waals surface area contributed by atoms with Gasteiger partial charge in [0.05, 0.1) is 0 Å². The monoisotopic (exact) mass is 456 g/mol. The molecule has 178 valence electrons. The Hall–Kier alpha value is -2.64. The Kier molecular flexibility index (Phi) is 5.18. The minimum atomic E-state index is -1.37. The lowest BCUT2D eigenvalue weighted by atomic mass is 9.53. The summed E-state index contributed by atoms with van der Waals surface area (Å²) >= 11 is 0. The van der Waals surface area contributed by atoms with Crippen molar-refractivity contribution in [2.24, 2.45) is 5.41 Å². The van der Waals surface area contributed by atoms with Gasteiger partial charge in [-0.15, -0.1) is 0 Å². The van der Waals surface area contributed by atoms with Gasteiger partial charge in [-0.1, -0.05) is 11.2 Å². The van der Waals surface area contributed by atoms with Gasteiger partial charge < -0.3 is 14.6 Å². The third-order valence-corrected chi connectivity index (χ3v) is 7.55. The minimum Gasteiger partial charge on any atom is -0.444 e. The molecule has 0 atom stereocenters. The smallest absolute Gasteiger partial charge is 0.412 e. The van der Waals surface area contributed by atoms with Crippen LogP contribution in [0.2, 0.25) is 0 Å². The number of benzene rings is 1. The van der Waals surface area contributed by atoms with Crippen LogP contribution in [0.15, 0.2) is 28.8 Å². The van der Waals surface area contributed by atoms with Crippen LogP contribution in [0.4, 0.5) is 20.6 Å². The summed E-state index contributed by atoms with van der Waals surface area (Å²) in [6.45, 7) is 6.41. The summed E-state index contributed by atoms with van der Waals surface area (Å²) < 4.78 is 24.9. The van der Waals surface area contributed by atoms with Crippen LogP contribution in [0.5, 0.6) is 0 Å². The normalized spacial score (nSPS) is 27.8. The van der Waals surface area contributed by atoms with Crippen LogP contribution in [0.25, 0.3) is 0 Å². The second kappa shape index (κ2) is 7.71. The average molecular weight is 457 g/mol. The van der Waals surface area contributed by atoms with Crippen molar-refractivity contribution in [3.63, 3.8) is 0 Å². The van der Waals surface area contributed by atoms with E-state index in [-0.39, 0.29) is 16.7 Å². The summed E-state index contributed by atoms with van der Waals surface area (Å²) in [5.41, 5.74) is -0.0589. The van der Waals surface area contributed by atoms with E-state index < -0.39 is 17.4 Å². The van der Waals surface area contributed by atoms with Gasteiger partial charge in [0.15, 0.2) is 11.5 Å². The Morgan fingerprint density at radius 2 is 1.76 bits per heavy atom. The largest absolute Gasteiger partial charge is 0.444 e. The number of nitrogens with zero attached hydrogens (tertiary/aromatic N) is 2. The maximum atomic E-state index is 14.3. The number of carbonyl (C=O) groups excluding carboxylic acids is 1. The van der Waals surface area contributed by atoms with E-state index in [1.165, 1.54) is 0 Å². The van der Waals surface area contributed by atoms with Crippen molar-refractivity contribution in [2.75, 3.05) is 17.2 Å². The summed E-state index contributed by atoms with van der Waals surface area (Å²) in [5, 5.41) is 10.6. The highest BCUT2D eigenvalue weighted by Gasteiger charge is 2.54. The maximum Gasteiger partial charge on any atom is 0.412 e. The summed E-state index contributed by atoms with van der Waals surface area (Å²) in [6, 6.07) is 7.72. The quantitative estimate of drug-likeness (QED) is 0.548. The van der Waals surface area contributed by atoms with Crippen LogP contribution in [0, 0.1) is 5.41 Å². The molecule has 6 rings (SSSR count). The third-order valence-electron chi connectivity index (χ3n) is 7.55. The Bertz CT molecular complexity index is 1020. The molecule has 1 heterocycles. The SMILES string of the molecule is CC(C)(C)OC(=O)Nc1cccc(NCC23CCC(c4noc(C5(F)CC5)n4)(CC2)CC3)c1. The van der Waals surface area contributed by atoms with E-state index in [9.17, 15) is 9.18 Å². The second-order valence-electron chi connectivity index (χ2n) is 11.2. The second-order valence-corrected chi connectivity index (χ2v) is 11.2. The molecule has 4 saturated carbocycles. The fourth-order valence-corrected chi connectivity index (χ4v) is 5.23. The van der Waals surface area contributed by atoms with E-state index in [4.69, 9.17) is 9.26 Å². The highest BCUT2D eigenvalue weighted by atomic mass is 19.1. The highest BCUT2D eigenvalue weighted by Crippen LogP contribution is 2.58. The number of fused-ring (bicyclic) bond motifs is 3. The lowest BCUT2D eigenvalue weighted by molar-refractivity contribution is 0.0445.